The van der Waals surface area contributed by atoms with Crippen LogP contribution in [0.25, 0.3) is 0 Å². The number of ether oxygens (including phenoxy) is 1. The summed E-state index contributed by atoms with van der Waals surface area (Å²) in [5, 5.41) is 0.355. The summed E-state index contributed by atoms with van der Waals surface area (Å²) in [4.78, 5) is 28.3. The molecular weight excluding hydrogens is 353 g/mol. The Morgan fingerprint density at radius 3 is 2.42 bits per heavy atom. The number of nitrogen functional groups attached to an aromatic ring is 1. The van der Waals surface area contributed by atoms with Gasteiger partial charge in [-0.3, -0.25) is 9.59 Å². The van der Waals surface area contributed by atoms with Gasteiger partial charge >= 0.3 is 0 Å². The molecule has 1 unspecified atom stereocenters. The normalized spacial score (nSPS) is 20.6. The van der Waals surface area contributed by atoms with Gasteiger partial charge in [0.2, 0.25) is 0 Å². The second kappa shape index (κ2) is 8.05. The molecule has 0 aliphatic carbocycles. The van der Waals surface area contributed by atoms with Crippen molar-refractivity contribution >= 4 is 41.5 Å². The van der Waals surface area contributed by atoms with Gasteiger partial charge in [0, 0.05) is 38.5 Å². The van der Waals surface area contributed by atoms with Crippen LogP contribution in [0.2, 0.25) is 5.02 Å². The number of amides is 2. The van der Waals surface area contributed by atoms with Crippen LogP contribution in [0.15, 0.2) is 18.2 Å². The number of nitrogens with two attached hydrogens (primary N) is 1. The lowest BCUT2D eigenvalue weighted by atomic mass is 10.1. The Bertz CT molecular complexity index is 613. The van der Waals surface area contributed by atoms with E-state index in [1.807, 2.05) is 0 Å². The molecule has 2 amide bonds. The minimum absolute atomic E-state index is 0. The Balaban J connectivity index is 0.00000208. The fraction of sp³-hybridized carbons (Fsp3) is 0.500. The molecule has 2 aliphatic heterocycles. The highest BCUT2D eigenvalue weighted by Crippen LogP contribution is 2.22. The first-order chi connectivity index (χ1) is 11.1. The summed E-state index contributed by atoms with van der Waals surface area (Å²) in [5.74, 6) is -0.0840. The second-order valence-electron chi connectivity index (χ2n) is 5.86. The molecule has 2 fully saturated rings. The summed E-state index contributed by atoms with van der Waals surface area (Å²) in [7, 11) is 0. The van der Waals surface area contributed by atoms with Gasteiger partial charge in [0.05, 0.1) is 10.6 Å². The Morgan fingerprint density at radius 2 is 1.83 bits per heavy atom. The molecule has 2 saturated heterocycles. The van der Waals surface area contributed by atoms with Crippen LogP contribution in [0, 0.1) is 0 Å². The summed E-state index contributed by atoms with van der Waals surface area (Å²) in [6, 6.07) is 4.88. The molecule has 2 N–H and O–H groups in total. The van der Waals surface area contributed by atoms with Gasteiger partial charge in [-0.15, -0.1) is 12.4 Å². The van der Waals surface area contributed by atoms with Crippen molar-refractivity contribution in [1.82, 2.24) is 9.80 Å². The number of rotatable bonds is 2. The topological polar surface area (TPSA) is 75.9 Å². The minimum Gasteiger partial charge on any atom is -0.399 e. The van der Waals surface area contributed by atoms with Gasteiger partial charge in [0.1, 0.15) is 6.10 Å². The molecule has 0 aromatic heterocycles. The first-order valence-electron chi connectivity index (χ1n) is 7.81. The molecule has 2 heterocycles. The predicted molar refractivity (Wildman–Crippen MR) is 94.6 cm³/mol. The third-order valence-electron chi connectivity index (χ3n) is 4.31. The maximum atomic E-state index is 12.5. The number of hydrogen-bond donors (Lipinski definition) is 1. The molecule has 0 saturated carbocycles. The van der Waals surface area contributed by atoms with E-state index < -0.39 is 0 Å². The summed E-state index contributed by atoms with van der Waals surface area (Å²) in [6.07, 6.45) is 1.42. The highest BCUT2D eigenvalue weighted by atomic mass is 35.5. The van der Waals surface area contributed by atoms with Crippen LogP contribution >= 0.6 is 24.0 Å². The standard InChI is InChI=1S/C16H20ClN3O3.ClH/c17-13-10-11(18)3-4-12(13)15(21)19-5-7-20(8-6-19)16(22)14-2-1-9-23-14;/h3-4,10,14H,1-2,5-9,18H2;1H. The number of hydrogen-bond acceptors (Lipinski definition) is 4. The molecule has 8 heteroatoms. The van der Waals surface area contributed by atoms with E-state index in [1.54, 1.807) is 28.0 Å². The number of benzene rings is 1. The van der Waals surface area contributed by atoms with Crippen LogP contribution in [-0.4, -0.2) is 60.5 Å². The van der Waals surface area contributed by atoms with E-state index in [-0.39, 0.29) is 30.3 Å². The first-order valence-corrected chi connectivity index (χ1v) is 8.19. The molecule has 0 radical (unpaired) electrons. The van der Waals surface area contributed by atoms with Crippen molar-refractivity contribution in [2.75, 3.05) is 38.5 Å². The van der Waals surface area contributed by atoms with Crippen molar-refractivity contribution in [3.8, 4) is 0 Å². The Morgan fingerprint density at radius 1 is 1.17 bits per heavy atom. The number of carbonyl (C=O) groups excluding carboxylic acids is 2. The summed E-state index contributed by atoms with van der Waals surface area (Å²) >= 11 is 6.10. The monoisotopic (exact) mass is 373 g/mol. The van der Waals surface area contributed by atoms with Crippen LogP contribution in [0.4, 0.5) is 5.69 Å². The minimum atomic E-state index is -0.302. The van der Waals surface area contributed by atoms with Gasteiger partial charge in [-0.05, 0) is 31.0 Å². The fourth-order valence-corrected chi connectivity index (χ4v) is 3.25. The summed E-state index contributed by atoms with van der Waals surface area (Å²) in [5.41, 5.74) is 6.62. The first kappa shape index (κ1) is 18.8. The number of halogens is 2. The third kappa shape index (κ3) is 3.94. The van der Waals surface area contributed by atoms with Gasteiger partial charge < -0.3 is 20.3 Å². The zero-order chi connectivity index (χ0) is 16.4. The molecular formula is C16H21Cl2N3O3. The lowest BCUT2D eigenvalue weighted by molar-refractivity contribution is -0.142. The molecule has 1 aromatic rings. The van der Waals surface area contributed by atoms with E-state index in [0.29, 0.717) is 49.1 Å². The number of nitrogens with zero attached hydrogens (tertiary/aromatic N) is 2. The Hall–Kier alpha value is -1.50. The molecule has 0 spiro atoms. The average molecular weight is 374 g/mol. The van der Waals surface area contributed by atoms with Crippen LogP contribution in [-0.2, 0) is 9.53 Å². The molecule has 6 nitrogen and oxygen atoms in total. The van der Waals surface area contributed by atoms with Gasteiger partial charge in [-0.25, -0.2) is 0 Å². The van der Waals surface area contributed by atoms with E-state index in [1.165, 1.54) is 0 Å². The van der Waals surface area contributed by atoms with Crippen molar-refractivity contribution in [1.29, 1.82) is 0 Å². The van der Waals surface area contributed by atoms with Gasteiger partial charge in [-0.2, -0.15) is 0 Å². The second-order valence-corrected chi connectivity index (χ2v) is 6.27. The van der Waals surface area contributed by atoms with E-state index in [0.717, 1.165) is 12.8 Å². The summed E-state index contributed by atoms with van der Waals surface area (Å²) < 4.78 is 5.44. The summed E-state index contributed by atoms with van der Waals surface area (Å²) in [6.45, 7) is 2.70. The van der Waals surface area contributed by atoms with Crippen LogP contribution in [0.5, 0.6) is 0 Å². The molecule has 0 bridgehead atoms. The lowest BCUT2D eigenvalue weighted by Gasteiger charge is -2.35. The Labute approximate surface area is 152 Å². The lowest BCUT2D eigenvalue weighted by Crippen LogP contribution is -2.52. The highest BCUT2D eigenvalue weighted by molar-refractivity contribution is 6.34. The molecule has 1 atom stereocenters. The van der Waals surface area contributed by atoms with Crippen molar-refractivity contribution in [2.45, 2.75) is 18.9 Å². The van der Waals surface area contributed by atoms with Crippen molar-refractivity contribution in [3.63, 3.8) is 0 Å². The van der Waals surface area contributed by atoms with E-state index >= 15 is 0 Å². The van der Waals surface area contributed by atoms with E-state index in [9.17, 15) is 9.59 Å². The third-order valence-corrected chi connectivity index (χ3v) is 4.62. The van der Waals surface area contributed by atoms with Gasteiger partial charge in [0.15, 0.2) is 0 Å². The maximum Gasteiger partial charge on any atom is 0.255 e. The molecule has 3 rings (SSSR count). The van der Waals surface area contributed by atoms with Crippen molar-refractivity contribution in [3.05, 3.63) is 28.8 Å². The van der Waals surface area contributed by atoms with Crippen molar-refractivity contribution in [2.24, 2.45) is 0 Å². The van der Waals surface area contributed by atoms with Crippen molar-refractivity contribution < 1.29 is 14.3 Å². The molecule has 2 aliphatic rings. The predicted octanol–water partition coefficient (Wildman–Crippen LogP) is 1.81. The zero-order valence-corrected chi connectivity index (χ0v) is 14.8. The molecule has 24 heavy (non-hydrogen) atoms. The smallest absolute Gasteiger partial charge is 0.255 e. The van der Waals surface area contributed by atoms with E-state index in [2.05, 4.69) is 0 Å². The van der Waals surface area contributed by atoms with E-state index in [4.69, 9.17) is 22.1 Å². The quantitative estimate of drug-likeness (QED) is 0.802. The Kier molecular flexibility index (Phi) is 6.32. The SMILES string of the molecule is Cl.Nc1ccc(C(=O)N2CCN(C(=O)C3CCCO3)CC2)c(Cl)c1. The maximum absolute atomic E-state index is 12.5. The van der Waals surface area contributed by atoms with Gasteiger partial charge in [-0.1, -0.05) is 11.6 Å². The number of piperazine rings is 1. The molecule has 1 aromatic carbocycles. The fourth-order valence-electron chi connectivity index (χ4n) is 2.98. The van der Waals surface area contributed by atoms with Crippen LogP contribution in [0.1, 0.15) is 23.2 Å². The highest BCUT2D eigenvalue weighted by Gasteiger charge is 2.31. The zero-order valence-electron chi connectivity index (χ0n) is 13.2. The molecule has 132 valence electrons. The van der Waals surface area contributed by atoms with Gasteiger partial charge in [0.25, 0.3) is 11.8 Å². The van der Waals surface area contributed by atoms with Crippen LogP contribution in [0.3, 0.4) is 0 Å². The number of anilines is 1. The van der Waals surface area contributed by atoms with Crippen LogP contribution < -0.4 is 5.73 Å². The average Bonchev–Trinajstić information content (AvgIpc) is 3.08. The number of carbonyl (C=O) groups is 2. The largest absolute Gasteiger partial charge is 0.399 e.